The summed E-state index contributed by atoms with van der Waals surface area (Å²) in [6.07, 6.45) is 1.88. The molecule has 0 aliphatic heterocycles. The minimum absolute atomic E-state index is 0.125. The first kappa shape index (κ1) is 22.1. The summed E-state index contributed by atoms with van der Waals surface area (Å²) in [6.45, 7) is 2.02. The molecule has 0 aliphatic rings. The molecule has 0 spiro atoms. The van der Waals surface area contributed by atoms with E-state index in [0.717, 1.165) is 22.3 Å². The molecule has 0 saturated carbocycles. The molecule has 1 heterocycles. The summed E-state index contributed by atoms with van der Waals surface area (Å²) < 4.78 is 12.5. The molecule has 0 saturated heterocycles. The molecule has 0 bridgehead atoms. The van der Waals surface area contributed by atoms with Crippen LogP contribution in [0, 0.1) is 6.92 Å². The van der Waals surface area contributed by atoms with Crippen molar-refractivity contribution in [3.8, 4) is 22.6 Å². The number of rotatable bonds is 8. The summed E-state index contributed by atoms with van der Waals surface area (Å²) in [5.41, 5.74) is 4.83. The standard InChI is InChI=1S/C27H27N3O3/c1-18-10-12-20(13-11-18)25(28-21-14-22(32-3)16-23(15-21)33-4)27(31)26-24(17-30(2)29-26)19-8-6-5-7-9-19/h5-17,25,28H,1-4H3. The number of benzene rings is 3. The van der Waals surface area contributed by atoms with Crippen LogP contribution < -0.4 is 14.8 Å². The highest BCUT2D eigenvalue weighted by Gasteiger charge is 2.27. The number of hydrogen-bond acceptors (Lipinski definition) is 5. The van der Waals surface area contributed by atoms with Crippen molar-refractivity contribution in [2.45, 2.75) is 13.0 Å². The van der Waals surface area contributed by atoms with Gasteiger partial charge in [-0.25, -0.2) is 0 Å². The molecule has 1 atom stereocenters. The van der Waals surface area contributed by atoms with Crippen molar-refractivity contribution in [1.29, 1.82) is 0 Å². The molecule has 3 aromatic carbocycles. The molecule has 0 radical (unpaired) electrons. The highest BCUT2D eigenvalue weighted by molar-refractivity contribution is 6.05. The van der Waals surface area contributed by atoms with Crippen molar-refractivity contribution in [2.24, 2.45) is 7.05 Å². The topological polar surface area (TPSA) is 65.4 Å². The van der Waals surface area contributed by atoms with Gasteiger partial charge in [0.25, 0.3) is 0 Å². The summed E-state index contributed by atoms with van der Waals surface area (Å²) in [6, 6.07) is 22.6. The number of aryl methyl sites for hydroxylation is 2. The fourth-order valence-electron chi connectivity index (χ4n) is 3.75. The quantitative estimate of drug-likeness (QED) is 0.369. The van der Waals surface area contributed by atoms with Gasteiger partial charge in [-0.05, 0) is 18.1 Å². The molecular weight excluding hydrogens is 414 g/mol. The van der Waals surface area contributed by atoms with Crippen LogP contribution >= 0.6 is 0 Å². The number of carbonyl (C=O) groups is 1. The van der Waals surface area contributed by atoms with E-state index in [-0.39, 0.29) is 5.78 Å². The lowest BCUT2D eigenvalue weighted by Gasteiger charge is -2.20. The van der Waals surface area contributed by atoms with Gasteiger partial charge in [0.15, 0.2) is 0 Å². The average molecular weight is 442 g/mol. The molecule has 33 heavy (non-hydrogen) atoms. The van der Waals surface area contributed by atoms with Gasteiger partial charge in [0.05, 0.1) is 14.2 Å². The van der Waals surface area contributed by atoms with Crippen molar-refractivity contribution in [3.05, 3.63) is 95.8 Å². The second-order valence-electron chi connectivity index (χ2n) is 7.88. The second-order valence-corrected chi connectivity index (χ2v) is 7.88. The van der Waals surface area contributed by atoms with Crippen LogP contribution in [0.5, 0.6) is 11.5 Å². The Kier molecular flexibility index (Phi) is 6.45. The zero-order valence-electron chi connectivity index (χ0n) is 19.2. The SMILES string of the molecule is COc1cc(NC(C(=O)c2nn(C)cc2-c2ccccc2)c2ccc(C)cc2)cc(OC)c1. The minimum Gasteiger partial charge on any atom is -0.497 e. The number of nitrogens with one attached hydrogen (secondary N) is 1. The Balaban J connectivity index is 1.78. The molecule has 1 unspecified atom stereocenters. The van der Waals surface area contributed by atoms with Crippen LogP contribution in [-0.2, 0) is 7.05 Å². The number of ether oxygens (including phenoxy) is 2. The van der Waals surface area contributed by atoms with Crippen LogP contribution in [0.2, 0.25) is 0 Å². The van der Waals surface area contributed by atoms with E-state index in [1.165, 1.54) is 0 Å². The van der Waals surface area contributed by atoms with Crippen molar-refractivity contribution in [2.75, 3.05) is 19.5 Å². The second kappa shape index (κ2) is 9.61. The Morgan fingerprint density at radius 1 is 0.939 bits per heavy atom. The predicted molar refractivity (Wildman–Crippen MR) is 130 cm³/mol. The maximum atomic E-state index is 14.0. The summed E-state index contributed by atoms with van der Waals surface area (Å²) >= 11 is 0. The number of nitrogens with zero attached hydrogens (tertiary/aromatic N) is 2. The molecule has 4 rings (SSSR count). The van der Waals surface area contributed by atoms with Gasteiger partial charge >= 0.3 is 0 Å². The van der Waals surface area contributed by atoms with Crippen molar-refractivity contribution in [1.82, 2.24) is 9.78 Å². The van der Waals surface area contributed by atoms with E-state index in [9.17, 15) is 4.79 Å². The fourth-order valence-corrected chi connectivity index (χ4v) is 3.75. The molecule has 0 amide bonds. The Hall–Kier alpha value is -4.06. The largest absolute Gasteiger partial charge is 0.497 e. The van der Waals surface area contributed by atoms with Crippen LogP contribution in [-0.4, -0.2) is 29.8 Å². The Bertz CT molecular complexity index is 1230. The smallest absolute Gasteiger partial charge is 0.210 e. The summed E-state index contributed by atoms with van der Waals surface area (Å²) in [4.78, 5) is 14.0. The Labute approximate surface area is 193 Å². The van der Waals surface area contributed by atoms with Gasteiger partial charge in [-0.3, -0.25) is 9.48 Å². The van der Waals surface area contributed by atoms with E-state index in [4.69, 9.17) is 9.47 Å². The Morgan fingerprint density at radius 3 is 2.18 bits per heavy atom. The van der Waals surface area contributed by atoms with Crippen LogP contribution in [0.25, 0.3) is 11.1 Å². The third-order valence-corrected chi connectivity index (χ3v) is 5.48. The van der Waals surface area contributed by atoms with Crippen LogP contribution in [0.4, 0.5) is 5.69 Å². The van der Waals surface area contributed by atoms with Gasteiger partial charge in [-0.1, -0.05) is 60.2 Å². The minimum atomic E-state index is -0.653. The van der Waals surface area contributed by atoms with E-state index < -0.39 is 6.04 Å². The van der Waals surface area contributed by atoms with E-state index in [2.05, 4.69) is 10.4 Å². The monoisotopic (exact) mass is 441 g/mol. The molecule has 0 aliphatic carbocycles. The molecule has 4 aromatic rings. The average Bonchev–Trinajstić information content (AvgIpc) is 3.24. The molecule has 0 fully saturated rings. The van der Waals surface area contributed by atoms with E-state index in [1.807, 2.05) is 86.9 Å². The van der Waals surface area contributed by atoms with Crippen molar-refractivity contribution < 1.29 is 14.3 Å². The maximum absolute atomic E-state index is 14.0. The van der Waals surface area contributed by atoms with Crippen molar-refractivity contribution >= 4 is 11.5 Å². The van der Waals surface area contributed by atoms with Crippen LogP contribution in [0.3, 0.4) is 0 Å². The van der Waals surface area contributed by atoms with Gasteiger partial charge < -0.3 is 14.8 Å². The van der Waals surface area contributed by atoms with Gasteiger partial charge in [-0.15, -0.1) is 0 Å². The first-order valence-electron chi connectivity index (χ1n) is 10.7. The van der Waals surface area contributed by atoms with Gasteiger partial charge in [0, 0.05) is 42.7 Å². The third-order valence-electron chi connectivity index (χ3n) is 5.48. The number of aromatic nitrogens is 2. The molecule has 1 N–H and O–H groups in total. The number of Topliss-reactive ketones (excluding diaryl/α,β-unsaturated/α-hetero) is 1. The highest BCUT2D eigenvalue weighted by Crippen LogP contribution is 2.32. The van der Waals surface area contributed by atoms with Gasteiger partial charge in [0.2, 0.25) is 5.78 Å². The number of methoxy groups -OCH3 is 2. The lowest BCUT2D eigenvalue weighted by molar-refractivity contribution is 0.0964. The highest BCUT2D eigenvalue weighted by atomic mass is 16.5. The van der Waals surface area contributed by atoms with Gasteiger partial charge in [0.1, 0.15) is 23.2 Å². The van der Waals surface area contributed by atoms with Gasteiger partial charge in [-0.2, -0.15) is 5.10 Å². The number of hydrogen-bond donors (Lipinski definition) is 1. The summed E-state index contributed by atoms with van der Waals surface area (Å²) in [5, 5.41) is 7.93. The normalized spacial score (nSPS) is 11.6. The number of carbonyl (C=O) groups excluding carboxylic acids is 1. The Morgan fingerprint density at radius 2 is 1.58 bits per heavy atom. The lowest BCUT2D eigenvalue weighted by atomic mass is 9.95. The number of ketones is 1. The van der Waals surface area contributed by atoms with Crippen LogP contribution in [0.15, 0.2) is 79.0 Å². The molecule has 6 heteroatoms. The summed E-state index contributed by atoms with van der Waals surface area (Å²) in [5.74, 6) is 1.14. The molecule has 168 valence electrons. The number of anilines is 1. The van der Waals surface area contributed by atoms with E-state index in [0.29, 0.717) is 22.9 Å². The zero-order valence-corrected chi connectivity index (χ0v) is 19.2. The van der Waals surface area contributed by atoms with Crippen molar-refractivity contribution in [3.63, 3.8) is 0 Å². The molecular formula is C27H27N3O3. The summed E-state index contributed by atoms with van der Waals surface area (Å²) in [7, 11) is 5.02. The predicted octanol–water partition coefficient (Wildman–Crippen LogP) is 5.45. The molecule has 6 nitrogen and oxygen atoms in total. The maximum Gasteiger partial charge on any atom is 0.210 e. The fraction of sp³-hybridized carbons (Fsp3) is 0.185. The lowest BCUT2D eigenvalue weighted by Crippen LogP contribution is -2.22. The first-order valence-corrected chi connectivity index (χ1v) is 10.7. The van der Waals surface area contributed by atoms with E-state index >= 15 is 0 Å². The first-order chi connectivity index (χ1) is 16.0. The zero-order chi connectivity index (χ0) is 23.4. The third kappa shape index (κ3) is 4.90. The van der Waals surface area contributed by atoms with Crippen LogP contribution in [0.1, 0.15) is 27.7 Å². The van der Waals surface area contributed by atoms with E-state index in [1.54, 1.807) is 25.0 Å². The molecule has 1 aromatic heterocycles.